The largest absolute Gasteiger partial charge is 0.433 e. The number of anilines is 1. The second kappa shape index (κ2) is 5.91. The summed E-state index contributed by atoms with van der Waals surface area (Å²) in [4.78, 5) is 6.59. The van der Waals surface area contributed by atoms with Gasteiger partial charge in [0.2, 0.25) is 5.28 Å². The fourth-order valence-electron chi connectivity index (χ4n) is 1.13. The lowest BCUT2D eigenvalue weighted by Crippen LogP contribution is -2.18. The van der Waals surface area contributed by atoms with Crippen molar-refractivity contribution in [2.24, 2.45) is 0 Å². The highest BCUT2D eigenvalue weighted by molar-refractivity contribution is 7.91. The number of nitrogens with zero attached hydrogens (tertiary/aromatic N) is 2. The molecule has 0 saturated heterocycles. The Morgan fingerprint density at radius 2 is 2.00 bits per heavy atom. The van der Waals surface area contributed by atoms with Crippen molar-refractivity contribution in [3.05, 3.63) is 17.0 Å². The van der Waals surface area contributed by atoms with Gasteiger partial charge in [0.05, 0.1) is 5.75 Å². The average Bonchev–Trinajstić information content (AvgIpc) is 2.27. The van der Waals surface area contributed by atoms with Crippen molar-refractivity contribution in [3.63, 3.8) is 0 Å². The van der Waals surface area contributed by atoms with Crippen molar-refractivity contribution >= 4 is 27.3 Å². The molecule has 1 aromatic heterocycles. The minimum Gasteiger partial charge on any atom is -0.369 e. The maximum absolute atomic E-state index is 12.4. The summed E-state index contributed by atoms with van der Waals surface area (Å²) in [5, 5.41) is 1.91. The molecule has 0 aliphatic heterocycles. The molecule has 0 spiro atoms. The normalized spacial score (nSPS) is 12.5. The van der Waals surface area contributed by atoms with E-state index in [-0.39, 0.29) is 23.9 Å². The predicted octanol–water partition coefficient (Wildman–Crippen LogP) is 2.00. The van der Waals surface area contributed by atoms with Crippen LogP contribution in [0.3, 0.4) is 0 Å². The average molecular weight is 318 g/mol. The molecule has 0 aliphatic rings. The fraction of sp³-hybridized carbons (Fsp3) is 0.556. The summed E-state index contributed by atoms with van der Waals surface area (Å²) in [6.45, 7) is 1.43. The standard InChI is InChI=1S/C9H11ClF3N3O2S/c1-2-19(17,18)4-3-14-7-5-6(9(11,12)13)15-8(10)16-7/h5H,2-4H2,1H3,(H,14,15,16). The molecule has 1 rings (SSSR count). The van der Waals surface area contributed by atoms with Crippen LogP contribution in [0.4, 0.5) is 19.0 Å². The van der Waals surface area contributed by atoms with Crippen LogP contribution in [0, 0.1) is 0 Å². The van der Waals surface area contributed by atoms with Crippen LogP contribution in [0.15, 0.2) is 6.07 Å². The van der Waals surface area contributed by atoms with Crippen molar-refractivity contribution in [1.82, 2.24) is 9.97 Å². The molecule has 5 nitrogen and oxygen atoms in total. The van der Waals surface area contributed by atoms with Gasteiger partial charge in [0, 0.05) is 18.4 Å². The van der Waals surface area contributed by atoms with Crippen molar-refractivity contribution < 1.29 is 21.6 Å². The van der Waals surface area contributed by atoms with Gasteiger partial charge in [-0.1, -0.05) is 6.92 Å². The molecule has 0 radical (unpaired) electrons. The molecule has 0 amide bonds. The number of hydrogen-bond donors (Lipinski definition) is 1. The van der Waals surface area contributed by atoms with E-state index in [2.05, 4.69) is 15.3 Å². The molecule has 0 atom stereocenters. The van der Waals surface area contributed by atoms with Crippen LogP contribution in [-0.4, -0.2) is 36.4 Å². The Morgan fingerprint density at radius 3 is 2.53 bits per heavy atom. The second-order valence-corrected chi connectivity index (χ2v) is 6.38. The van der Waals surface area contributed by atoms with E-state index in [0.29, 0.717) is 6.07 Å². The summed E-state index contributed by atoms with van der Waals surface area (Å²) in [5.41, 5.74) is -1.19. The number of nitrogens with one attached hydrogen (secondary N) is 1. The van der Waals surface area contributed by atoms with E-state index in [1.807, 2.05) is 0 Å². The number of halogens is 4. The SMILES string of the molecule is CCS(=O)(=O)CCNc1cc(C(F)(F)F)nc(Cl)n1. The van der Waals surface area contributed by atoms with Crippen molar-refractivity contribution in [3.8, 4) is 0 Å². The molecule has 0 fully saturated rings. The van der Waals surface area contributed by atoms with E-state index in [0.717, 1.165) is 0 Å². The van der Waals surface area contributed by atoms with Crippen LogP contribution >= 0.6 is 11.6 Å². The highest BCUT2D eigenvalue weighted by Gasteiger charge is 2.33. The van der Waals surface area contributed by atoms with Gasteiger partial charge in [0.15, 0.2) is 15.5 Å². The molecule has 19 heavy (non-hydrogen) atoms. The molecular weight excluding hydrogens is 307 g/mol. The third kappa shape index (κ3) is 5.19. The maximum atomic E-state index is 12.4. The quantitative estimate of drug-likeness (QED) is 0.841. The molecule has 0 aromatic carbocycles. The first-order valence-corrected chi connectivity index (χ1v) is 7.40. The van der Waals surface area contributed by atoms with Crippen LogP contribution in [0.1, 0.15) is 12.6 Å². The topological polar surface area (TPSA) is 72.0 Å². The smallest absolute Gasteiger partial charge is 0.369 e. The van der Waals surface area contributed by atoms with Crippen molar-refractivity contribution in [2.75, 3.05) is 23.4 Å². The molecule has 108 valence electrons. The first-order chi connectivity index (χ1) is 8.64. The monoisotopic (exact) mass is 317 g/mol. The Hall–Kier alpha value is -1.09. The van der Waals surface area contributed by atoms with E-state index < -0.39 is 27.0 Å². The summed E-state index contributed by atoms with van der Waals surface area (Å²) in [7, 11) is -3.20. The summed E-state index contributed by atoms with van der Waals surface area (Å²) < 4.78 is 59.7. The third-order valence-electron chi connectivity index (χ3n) is 2.15. The van der Waals surface area contributed by atoms with Crippen LogP contribution < -0.4 is 5.32 Å². The van der Waals surface area contributed by atoms with Crippen LogP contribution in [0.2, 0.25) is 5.28 Å². The van der Waals surface area contributed by atoms with Crippen molar-refractivity contribution in [2.45, 2.75) is 13.1 Å². The maximum Gasteiger partial charge on any atom is 0.433 e. The number of rotatable bonds is 5. The Balaban J connectivity index is 2.77. The Kier molecular flexibility index (Phi) is 4.97. The fourth-order valence-corrected chi connectivity index (χ4v) is 2.02. The predicted molar refractivity (Wildman–Crippen MR) is 64.9 cm³/mol. The van der Waals surface area contributed by atoms with Gasteiger partial charge in [0.1, 0.15) is 5.82 Å². The van der Waals surface area contributed by atoms with E-state index in [9.17, 15) is 21.6 Å². The molecule has 1 heterocycles. The summed E-state index contributed by atoms with van der Waals surface area (Å²) >= 11 is 5.37. The molecule has 0 saturated carbocycles. The van der Waals surface area contributed by atoms with E-state index >= 15 is 0 Å². The van der Waals surface area contributed by atoms with Gasteiger partial charge in [0.25, 0.3) is 0 Å². The molecule has 10 heteroatoms. The summed E-state index contributed by atoms with van der Waals surface area (Å²) in [5.74, 6) is -0.405. The Bertz CT molecular complexity index is 548. The van der Waals surface area contributed by atoms with Crippen molar-refractivity contribution in [1.29, 1.82) is 0 Å². The number of sulfone groups is 1. The molecule has 0 aliphatic carbocycles. The van der Waals surface area contributed by atoms with Crippen LogP contribution in [0.25, 0.3) is 0 Å². The number of aromatic nitrogens is 2. The third-order valence-corrected chi connectivity index (χ3v) is 4.02. The van der Waals surface area contributed by atoms with Gasteiger partial charge in [-0.25, -0.2) is 18.4 Å². The Morgan fingerprint density at radius 1 is 1.37 bits per heavy atom. The van der Waals surface area contributed by atoms with Gasteiger partial charge in [-0.2, -0.15) is 13.2 Å². The number of hydrogen-bond acceptors (Lipinski definition) is 5. The summed E-state index contributed by atoms with van der Waals surface area (Å²) in [6, 6.07) is 0.671. The molecular formula is C9H11ClF3N3O2S. The first-order valence-electron chi connectivity index (χ1n) is 5.20. The lowest BCUT2D eigenvalue weighted by Gasteiger charge is -2.09. The second-order valence-electron chi connectivity index (χ2n) is 3.57. The zero-order valence-electron chi connectivity index (χ0n) is 9.83. The highest BCUT2D eigenvalue weighted by Crippen LogP contribution is 2.29. The van der Waals surface area contributed by atoms with Gasteiger partial charge in [-0.3, -0.25) is 0 Å². The molecule has 0 bridgehead atoms. The van der Waals surface area contributed by atoms with E-state index in [1.54, 1.807) is 0 Å². The van der Waals surface area contributed by atoms with Gasteiger partial charge in [-0.05, 0) is 11.6 Å². The van der Waals surface area contributed by atoms with E-state index in [1.165, 1.54) is 6.92 Å². The van der Waals surface area contributed by atoms with Gasteiger partial charge in [-0.15, -0.1) is 0 Å². The Labute approximate surface area is 113 Å². The van der Waals surface area contributed by atoms with Gasteiger partial charge >= 0.3 is 6.18 Å². The van der Waals surface area contributed by atoms with Gasteiger partial charge < -0.3 is 5.32 Å². The van der Waals surface area contributed by atoms with E-state index in [4.69, 9.17) is 11.6 Å². The van der Waals surface area contributed by atoms with Crippen LogP contribution in [-0.2, 0) is 16.0 Å². The minimum absolute atomic E-state index is 0.0347. The first kappa shape index (κ1) is 16.0. The zero-order chi connectivity index (χ0) is 14.7. The lowest BCUT2D eigenvalue weighted by atomic mass is 10.4. The summed E-state index contributed by atoms with van der Waals surface area (Å²) in [6.07, 6.45) is -4.64. The zero-order valence-corrected chi connectivity index (χ0v) is 11.4. The number of alkyl halides is 3. The highest BCUT2D eigenvalue weighted by atomic mass is 35.5. The lowest BCUT2D eigenvalue weighted by molar-refractivity contribution is -0.141. The molecule has 1 aromatic rings. The minimum atomic E-state index is -4.64. The molecule has 1 N–H and O–H groups in total. The molecule has 0 unspecified atom stereocenters. The van der Waals surface area contributed by atoms with Crippen LogP contribution in [0.5, 0.6) is 0 Å².